The third-order valence-electron chi connectivity index (χ3n) is 2.05. The van der Waals surface area contributed by atoms with Gasteiger partial charge in [0.15, 0.2) is 0 Å². The van der Waals surface area contributed by atoms with Gasteiger partial charge in [-0.3, -0.25) is 4.79 Å². The van der Waals surface area contributed by atoms with Crippen molar-refractivity contribution in [1.82, 2.24) is 0 Å². The summed E-state index contributed by atoms with van der Waals surface area (Å²) in [4.78, 5) is 10.5. The molecule has 1 N–H and O–H groups in total. The van der Waals surface area contributed by atoms with Crippen molar-refractivity contribution >= 4 is 17.7 Å². The first-order valence-corrected chi connectivity index (χ1v) is 6.15. The van der Waals surface area contributed by atoms with Gasteiger partial charge >= 0.3 is 5.97 Å². The topological polar surface area (TPSA) is 70.3 Å². The zero-order chi connectivity index (χ0) is 12.7. The number of rotatable bonds is 6. The summed E-state index contributed by atoms with van der Waals surface area (Å²) in [5, 5.41) is 16.9. The van der Waals surface area contributed by atoms with E-state index in [4.69, 9.17) is 15.1 Å². The van der Waals surface area contributed by atoms with Crippen LogP contribution in [0, 0.1) is 11.3 Å². The molecule has 0 saturated heterocycles. The first kappa shape index (κ1) is 13.4. The molecule has 0 spiro atoms. The Morgan fingerprint density at radius 2 is 2.18 bits per heavy atom. The second-order valence-electron chi connectivity index (χ2n) is 3.34. The quantitative estimate of drug-likeness (QED) is 0.784. The Bertz CT molecular complexity index is 411. The van der Waals surface area contributed by atoms with E-state index < -0.39 is 11.2 Å². The van der Waals surface area contributed by atoms with Gasteiger partial charge < -0.3 is 9.84 Å². The van der Waals surface area contributed by atoms with Gasteiger partial charge in [-0.1, -0.05) is 0 Å². The van der Waals surface area contributed by atoms with E-state index in [9.17, 15) is 4.79 Å². The molecule has 0 aliphatic heterocycles. The lowest BCUT2D eigenvalue weighted by molar-refractivity contribution is -0.136. The van der Waals surface area contributed by atoms with E-state index in [1.54, 1.807) is 31.2 Å². The largest absolute Gasteiger partial charge is 0.493 e. The highest BCUT2D eigenvalue weighted by Gasteiger charge is 2.10. The molecule has 1 rings (SSSR count). The van der Waals surface area contributed by atoms with Gasteiger partial charge in [0, 0.05) is 5.75 Å². The Morgan fingerprint density at radius 1 is 1.53 bits per heavy atom. The van der Waals surface area contributed by atoms with Crippen LogP contribution in [0.5, 0.6) is 5.75 Å². The summed E-state index contributed by atoms with van der Waals surface area (Å²) in [6.45, 7) is 2.10. The van der Waals surface area contributed by atoms with Crippen LogP contribution in [0.25, 0.3) is 0 Å². The fourth-order valence-electron chi connectivity index (χ4n) is 1.08. The van der Waals surface area contributed by atoms with Gasteiger partial charge in [0.25, 0.3) is 0 Å². The monoisotopic (exact) mass is 251 g/mol. The summed E-state index contributed by atoms with van der Waals surface area (Å²) >= 11 is 1.33. The first-order chi connectivity index (χ1) is 8.13. The van der Waals surface area contributed by atoms with Crippen LogP contribution in [0.3, 0.4) is 0 Å². The van der Waals surface area contributed by atoms with Crippen LogP contribution in [-0.4, -0.2) is 28.7 Å². The number of carboxylic acid groups (broad SMARTS) is 1. The molecule has 0 heterocycles. The van der Waals surface area contributed by atoms with Crippen LogP contribution in [-0.2, 0) is 4.79 Å². The van der Waals surface area contributed by atoms with E-state index in [0.717, 1.165) is 0 Å². The summed E-state index contributed by atoms with van der Waals surface area (Å²) in [6.07, 6.45) is 0. The zero-order valence-corrected chi connectivity index (χ0v) is 10.2. The maximum Gasteiger partial charge on any atom is 0.316 e. The smallest absolute Gasteiger partial charge is 0.316 e. The zero-order valence-electron chi connectivity index (χ0n) is 9.42. The minimum absolute atomic E-state index is 0.417. The number of carbonyl (C=O) groups is 1. The van der Waals surface area contributed by atoms with Crippen LogP contribution >= 0.6 is 11.8 Å². The standard InChI is InChI=1S/C12H13NO3S/c1-9(12(14)15)17-7-6-16-11-4-2-10(8-13)3-5-11/h2-5,9H,6-7H2,1H3,(H,14,15). The average molecular weight is 251 g/mol. The van der Waals surface area contributed by atoms with Crippen molar-refractivity contribution in [2.45, 2.75) is 12.2 Å². The highest BCUT2D eigenvalue weighted by Crippen LogP contribution is 2.14. The maximum absolute atomic E-state index is 10.5. The van der Waals surface area contributed by atoms with Crippen LogP contribution in [0.1, 0.15) is 12.5 Å². The van der Waals surface area contributed by atoms with Crippen molar-refractivity contribution in [3.05, 3.63) is 29.8 Å². The van der Waals surface area contributed by atoms with E-state index in [0.29, 0.717) is 23.7 Å². The predicted molar refractivity (Wildman–Crippen MR) is 66.2 cm³/mol. The second kappa shape index (κ2) is 6.81. The minimum Gasteiger partial charge on any atom is -0.493 e. The van der Waals surface area contributed by atoms with Gasteiger partial charge in [-0.05, 0) is 31.2 Å². The summed E-state index contributed by atoms with van der Waals surface area (Å²) < 4.78 is 5.41. The molecule has 4 nitrogen and oxygen atoms in total. The molecule has 0 bridgehead atoms. The molecule has 0 aliphatic carbocycles. The van der Waals surface area contributed by atoms with Gasteiger partial charge in [0.05, 0.1) is 23.5 Å². The molecule has 1 aromatic rings. The third-order valence-corrected chi connectivity index (χ3v) is 3.16. The molecule has 90 valence electrons. The number of aliphatic carboxylic acids is 1. The van der Waals surface area contributed by atoms with Gasteiger partial charge in [-0.15, -0.1) is 11.8 Å². The number of carboxylic acids is 1. The van der Waals surface area contributed by atoms with Crippen molar-refractivity contribution < 1.29 is 14.6 Å². The molecule has 0 radical (unpaired) electrons. The molecule has 17 heavy (non-hydrogen) atoms. The molecule has 5 heteroatoms. The SMILES string of the molecule is CC(SCCOc1ccc(C#N)cc1)C(=O)O. The molecule has 0 fully saturated rings. The summed E-state index contributed by atoms with van der Waals surface area (Å²) in [5.74, 6) is 0.494. The van der Waals surface area contributed by atoms with Crippen LogP contribution in [0.2, 0.25) is 0 Å². The van der Waals surface area contributed by atoms with E-state index in [1.807, 2.05) is 6.07 Å². The number of hydrogen-bond acceptors (Lipinski definition) is 4. The predicted octanol–water partition coefficient (Wildman–Crippen LogP) is 2.14. The van der Waals surface area contributed by atoms with Crippen molar-refractivity contribution in [3.63, 3.8) is 0 Å². The van der Waals surface area contributed by atoms with Crippen molar-refractivity contribution in [3.8, 4) is 11.8 Å². The Balaban J connectivity index is 2.27. The van der Waals surface area contributed by atoms with E-state index in [1.165, 1.54) is 11.8 Å². The highest BCUT2D eigenvalue weighted by molar-refractivity contribution is 8.00. The van der Waals surface area contributed by atoms with Crippen LogP contribution in [0.4, 0.5) is 0 Å². The minimum atomic E-state index is -0.812. The van der Waals surface area contributed by atoms with Crippen LogP contribution < -0.4 is 4.74 Å². The lowest BCUT2D eigenvalue weighted by Crippen LogP contribution is -2.13. The average Bonchev–Trinajstić information content (AvgIpc) is 2.35. The van der Waals surface area contributed by atoms with Crippen LogP contribution in [0.15, 0.2) is 24.3 Å². The molecule has 0 aromatic heterocycles. The van der Waals surface area contributed by atoms with E-state index in [-0.39, 0.29) is 0 Å². The summed E-state index contributed by atoms with van der Waals surface area (Å²) in [5.41, 5.74) is 0.589. The van der Waals surface area contributed by atoms with Gasteiger partial charge in [0.2, 0.25) is 0 Å². The lowest BCUT2D eigenvalue weighted by Gasteiger charge is -2.07. The molecular formula is C12H13NO3S. The van der Waals surface area contributed by atoms with E-state index >= 15 is 0 Å². The number of nitrogens with zero attached hydrogens (tertiary/aromatic N) is 1. The molecule has 1 unspecified atom stereocenters. The maximum atomic E-state index is 10.5. The number of benzene rings is 1. The van der Waals surface area contributed by atoms with Gasteiger partial charge in [0.1, 0.15) is 5.75 Å². The Labute approximate surface area is 104 Å². The Kier molecular flexibility index (Phi) is 5.37. The van der Waals surface area contributed by atoms with Crippen molar-refractivity contribution in [2.24, 2.45) is 0 Å². The first-order valence-electron chi connectivity index (χ1n) is 5.11. The number of hydrogen-bond donors (Lipinski definition) is 1. The fraction of sp³-hybridized carbons (Fsp3) is 0.333. The van der Waals surface area contributed by atoms with Gasteiger partial charge in [-0.25, -0.2) is 0 Å². The molecule has 1 aromatic carbocycles. The molecule has 0 amide bonds. The molecule has 0 saturated carbocycles. The fourth-order valence-corrected chi connectivity index (χ4v) is 1.76. The Morgan fingerprint density at radius 3 is 2.71 bits per heavy atom. The second-order valence-corrected chi connectivity index (χ2v) is 4.78. The molecule has 1 atom stereocenters. The number of nitriles is 1. The Hall–Kier alpha value is -1.67. The number of thioether (sulfide) groups is 1. The normalized spacial score (nSPS) is 11.5. The lowest BCUT2D eigenvalue weighted by atomic mass is 10.2. The molecular weight excluding hydrogens is 238 g/mol. The third kappa shape index (κ3) is 4.79. The van der Waals surface area contributed by atoms with Gasteiger partial charge in [-0.2, -0.15) is 5.26 Å². The van der Waals surface area contributed by atoms with Crippen molar-refractivity contribution in [1.29, 1.82) is 5.26 Å². The molecule has 0 aliphatic rings. The highest BCUT2D eigenvalue weighted by atomic mass is 32.2. The number of ether oxygens (including phenoxy) is 1. The van der Waals surface area contributed by atoms with Crippen molar-refractivity contribution in [2.75, 3.05) is 12.4 Å². The van der Waals surface area contributed by atoms with E-state index in [2.05, 4.69) is 0 Å². The summed E-state index contributed by atoms with van der Waals surface area (Å²) in [7, 11) is 0. The summed E-state index contributed by atoms with van der Waals surface area (Å²) in [6, 6.07) is 8.84.